The average molecular weight is 544 g/mol. The summed E-state index contributed by atoms with van der Waals surface area (Å²) in [5, 5.41) is 19.4. The van der Waals surface area contributed by atoms with Gasteiger partial charge in [0, 0.05) is 48.9 Å². The number of hydrogen-bond donors (Lipinski definition) is 2. The van der Waals surface area contributed by atoms with Gasteiger partial charge in [-0.3, -0.25) is 14.4 Å². The fourth-order valence-corrected chi connectivity index (χ4v) is 9.27. The minimum Gasteiger partial charge on any atom is -0.481 e. The van der Waals surface area contributed by atoms with Crippen molar-refractivity contribution in [1.82, 2.24) is 4.90 Å². The fraction of sp³-hybridized carbons (Fsp3) is 0.621. The van der Waals surface area contributed by atoms with Gasteiger partial charge in [0.1, 0.15) is 6.04 Å². The molecule has 3 fully saturated rings. The van der Waals surface area contributed by atoms with Crippen molar-refractivity contribution in [3.63, 3.8) is 0 Å². The van der Waals surface area contributed by atoms with Crippen molar-refractivity contribution < 1.29 is 24.6 Å². The first-order valence-corrected chi connectivity index (χ1v) is 14.6. The highest BCUT2D eigenvalue weighted by Gasteiger charge is 2.77. The Morgan fingerprint density at radius 3 is 2.37 bits per heavy atom. The second-order valence-corrected chi connectivity index (χ2v) is 12.7. The zero-order valence-electron chi connectivity index (χ0n) is 22.8. The number of amides is 2. The van der Waals surface area contributed by atoms with E-state index in [1.54, 1.807) is 27.6 Å². The van der Waals surface area contributed by atoms with Crippen LogP contribution in [0.25, 0.3) is 0 Å². The van der Waals surface area contributed by atoms with Gasteiger partial charge < -0.3 is 24.9 Å². The van der Waals surface area contributed by atoms with E-state index in [0.717, 1.165) is 30.9 Å². The van der Waals surface area contributed by atoms with Gasteiger partial charge in [-0.05, 0) is 77.1 Å². The minimum atomic E-state index is -0.955. The lowest BCUT2D eigenvalue weighted by Crippen LogP contribution is -2.55. The summed E-state index contributed by atoms with van der Waals surface area (Å²) in [6, 6.07) is 7.15. The third kappa shape index (κ3) is 4.62. The maximum absolute atomic E-state index is 14.5. The Labute approximate surface area is 230 Å². The summed E-state index contributed by atoms with van der Waals surface area (Å²) >= 11 is 1.56. The molecule has 1 aromatic rings. The van der Waals surface area contributed by atoms with E-state index >= 15 is 0 Å². The van der Waals surface area contributed by atoms with Gasteiger partial charge in [-0.2, -0.15) is 0 Å². The molecule has 3 heterocycles. The molecule has 38 heavy (non-hydrogen) atoms. The predicted molar refractivity (Wildman–Crippen MR) is 152 cm³/mol. The number of carboxylic acids is 1. The normalized spacial score (nSPS) is 29.4. The third-order valence-corrected chi connectivity index (χ3v) is 10.7. The molecule has 3 aliphatic rings. The molecule has 1 aromatic carbocycles. The van der Waals surface area contributed by atoms with Gasteiger partial charge in [0.15, 0.2) is 0 Å². The molecule has 0 radical (unpaired) electrons. The lowest BCUT2D eigenvalue weighted by atomic mass is 9.66. The van der Waals surface area contributed by atoms with E-state index < -0.39 is 33.3 Å². The summed E-state index contributed by atoms with van der Waals surface area (Å²) in [4.78, 5) is 46.4. The van der Waals surface area contributed by atoms with Crippen LogP contribution < -0.4 is 9.80 Å². The zero-order valence-corrected chi connectivity index (χ0v) is 23.6. The number of aliphatic hydroxyl groups is 1. The number of carboxylic acid groups (broad SMARTS) is 1. The molecular formula is C29H41N3O5S. The van der Waals surface area contributed by atoms with Gasteiger partial charge >= 0.3 is 5.97 Å². The monoisotopic (exact) mass is 543 g/mol. The minimum absolute atomic E-state index is 0.0781. The smallest absolute Gasteiger partial charge is 0.308 e. The summed E-state index contributed by atoms with van der Waals surface area (Å²) in [6.45, 7) is 12.5. The van der Waals surface area contributed by atoms with Crippen molar-refractivity contribution >= 4 is 40.9 Å². The molecule has 0 saturated carbocycles. The van der Waals surface area contributed by atoms with Crippen molar-refractivity contribution in [3.05, 3.63) is 36.9 Å². The van der Waals surface area contributed by atoms with Gasteiger partial charge in [0.2, 0.25) is 5.91 Å². The van der Waals surface area contributed by atoms with Crippen LogP contribution in [-0.2, 0) is 14.4 Å². The van der Waals surface area contributed by atoms with Gasteiger partial charge in [-0.1, -0.05) is 6.08 Å². The average Bonchev–Trinajstić information content (AvgIpc) is 3.46. The van der Waals surface area contributed by atoms with Crippen molar-refractivity contribution in [2.75, 3.05) is 42.6 Å². The number of carbonyl (C=O) groups is 3. The van der Waals surface area contributed by atoms with Gasteiger partial charge in [-0.25, -0.2) is 0 Å². The summed E-state index contributed by atoms with van der Waals surface area (Å²) in [7, 11) is 0. The van der Waals surface area contributed by atoms with E-state index in [1.165, 1.54) is 0 Å². The Bertz CT molecular complexity index is 1060. The first-order valence-electron chi connectivity index (χ1n) is 13.8. The fourth-order valence-electron chi connectivity index (χ4n) is 6.92. The maximum Gasteiger partial charge on any atom is 0.308 e. The largest absolute Gasteiger partial charge is 0.481 e. The highest BCUT2D eigenvalue weighted by molar-refractivity contribution is 8.02. The van der Waals surface area contributed by atoms with Crippen molar-refractivity contribution in [2.24, 2.45) is 11.8 Å². The maximum atomic E-state index is 14.5. The molecule has 5 atom stereocenters. The Morgan fingerprint density at radius 1 is 1.13 bits per heavy atom. The Morgan fingerprint density at radius 2 is 1.79 bits per heavy atom. The molecule has 9 heteroatoms. The number of benzene rings is 1. The van der Waals surface area contributed by atoms with Crippen LogP contribution in [0.3, 0.4) is 0 Å². The zero-order chi connectivity index (χ0) is 27.7. The number of thioether (sulfide) groups is 1. The highest BCUT2D eigenvalue weighted by Crippen LogP contribution is 2.71. The molecule has 3 aliphatic heterocycles. The van der Waals surface area contributed by atoms with Crippen molar-refractivity contribution in [1.29, 1.82) is 0 Å². The first kappa shape index (κ1) is 28.5. The first-order chi connectivity index (χ1) is 18.2. The highest BCUT2D eigenvalue weighted by atomic mass is 32.2. The molecule has 4 rings (SSSR count). The van der Waals surface area contributed by atoms with Crippen LogP contribution in [0.15, 0.2) is 36.9 Å². The Balaban J connectivity index is 1.72. The predicted octanol–water partition coefficient (Wildman–Crippen LogP) is 3.78. The molecule has 2 amide bonds. The number of rotatable bonds is 13. The van der Waals surface area contributed by atoms with E-state index in [-0.39, 0.29) is 25.0 Å². The van der Waals surface area contributed by atoms with E-state index in [4.69, 9.17) is 0 Å². The van der Waals surface area contributed by atoms with E-state index in [9.17, 15) is 24.6 Å². The van der Waals surface area contributed by atoms with E-state index in [0.29, 0.717) is 32.2 Å². The van der Waals surface area contributed by atoms with Gasteiger partial charge in [-0.15, -0.1) is 18.3 Å². The Kier molecular flexibility index (Phi) is 8.47. The number of nitrogens with zero attached hydrogens (tertiary/aromatic N) is 3. The molecular weight excluding hydrogens is 502 g/mol. The van der Waals surface area contributed by atoms with Crippen LogP contribution in [-0.4, -0.2) is 81.2 Å². The number of hydrogen-bond acceptors (Lipinski definition) is 6. The standard InChI is InChI=1S/C29H41N3O5S/c1-5-17-31(21-13-11-20(12-14-21)30(6-2)7-3)26(35)24-29-16-15-28(4,38-29)23(27(36)37)22(29)25(34)32(24)18-9-8-10-19-33/h5,11-14,22-24,33H,1,6-10,15-19H2,2-4H3,(H,36,37)/t22-,23-,24?,28+,29?/m0/s1. The molecule has 0 aliphatic carbocycles. The molecule has 3 saturated heterocycles. The summed E-state index contributed by atoms with van der Waals surface area (Å²) in [6.07, 6.45) is 5.00. The van der Waals surface area contributed by atoms with Crippen LogP contribution in [0, 0.1) is 11.8 Å². The number of aliphatic hydroxyl groups excluding tert-OH is 1. The van der Waals surface area contributed by atoms with Crippen LogP contribution in [0.4, 0.5) is 11.4 Å². The number of likely N-dealkylation sites (tertiary alicyclic amines) is 1. The molecule has 0 aromatic heterocycles. The van der Waals surface area contributed by atoms with Crippen LogP contribution >= 0.6 is 11.8 Å². The summed E-state index contributed by atoms with van der Waals surface area (Å²) in [5.41, 5.74) is 1.81. The van der Waals surface area contributed by atoms with Crippen LogP contribution in [0.1, 0.15) is 52.9 Å². The van der Waals surface area contributed by atoms with Crippen LogP contribution in [0.2, 0.25) is 0 Å². The lowest BCUT2D eigenvalue weighted by Gasteiger charge is -2.37. The molecule has 2 unspecified atom stereocenters. The lowest BCUT2D eigenvalue weighted by molar-refractivity contribution is -0.150. The third-order valence-electron chi connectivity index (χ3n) is 8.70. The Hall–Kier alpha value is -2.52. The second kappa shape index (κ2) is 11.3. The molecule has 208 valence electrons. The van der Waals surface area contributed by atoms with Gasteiger partial charge in [0.25, 0.3) is 5.91 Å². The summed E-state index contributed by atoms with van der Waals surface area (Å²) < 4.78 is -1.33. The number of fused-ring (bicyclic) bond motifs is 1. The van der Waals surface area contributed by atoms with Crippen LogP contribution in [0.5, 0.6) is 0 Å². The molecule has 2 bridgehead atoms. The number of anilines is 2. The van der Waals surface area contributed by atoms with E-state index in [1.807, 2.05) is 31.2 Å². The van der Waals surface area contributed by atoms with Gasteiger partial charge in [0.05, 0.1) is 16.6 Å². The molecule has 2 N–H and O–H groups in total. The molecule has 1 spiro atoms. The number of aliphatic carboxylic acids is 1. The van der Waals surface area contributed by atoms with Crippen molar-refractivity contribution in [3.8, 4) is 0 Å². The SMILES string of the molecule is C=CCN(C(=O)C1N(CCCCCO)C(=O)[C@@H]2[C@@H](C(=O)O)[C@@]3(C)CCC12S3)c1ccc(N(CC)CC)cc1. The molecule has 8 nitrogen and oxygen atoms in total. The number of carbonyl (C=O) groups excluding carboxylic acids is 2. The van der Waals surface area contributed by atoms with Crippen molar-refractivity contribution in [2.45, 2.75) is 68.4 Å². The topological polar surface area (TPSA) is 101 Å². The number of unbranched alkanes of at least 4 members (excludes halogenated alkanes) is 2. The second-order valence-electron chi connectivity index (χ2n) is 10.8. The summed E-state index contributed by atoms with van der Waals surface area (Å²) in [5.74, 6) is -2.88. The van der Waals surface area contributed by atoms with E-state index in [2.05, 4.69) is 25.3 Å². The quantitative estimate of drug-likeness (QED) is 0.288.